The minimum absolute atomic E-state index is 0.256. The monoisotopic (exact) mass is 498 g/mol. The second-order valence-electron chi connectivity index (χ2n) is 9.76. The number of nitriles is 1. The number of aryl methyl sites for hydroxylation is 1. The SMILES string of the molecule is CC1CCc2c(sc(NC(=O)c3sc4nc5c(cc4c3N)CC(c3ccccc3)CC5)c2C#N)C1. The highest BCUT2D eigenvalue weighted by Crippen LogP contribution is 2.41. The number of carbonyl (C=O) groups is 1. The molecule has 3 N–H and O–H groups in total. The van der Waals surface area contributed by atoms with Gasteiger partial charge in [-0.1, -0.05) is 37.3 Å². The molecule has 2 unspecified atom stereocenters. The van der Waals surface area contributed by atoms with Crippen LogP contribution < -0.4 is 11.1 Å². The maximum absolute atomic E-state index is 13.3. The summed E-state index contributed by atoms with van der Waals surface area (Å²) in [5.41, 5.74) is 12.4. The Bertz CT molecular complexity index is 1500. The van der Waals surface area contributed by atoms with Gasteiger partial charge in [-0.15, -0.1) is 22.7 Å². The number of benzene rings is 1. The van der Waals surface area contributed by atoms with Gasteiger partial charge in [0.05, 0.1) is 11.3 Å². The van der Waals surface area contributed by atoms with Gasteiger partial charge in [0.15, 0.2) is 0 Å². The van der Waals surface area contributed by atoms with Gasteiger partial charge in [-0.25, -0.2) is 4.98 Å². The van der Waals surface area contributed by atoms with E-state index in [0.29, 0.717) is 33.0 Å². The second kappa shape index (κ2) is 8.78. The number of anilines is 2. The lowest BCUT2D eigenvalue weighted by Crippen LogP contribution is -2.14. The molecule has 2 aliphatic carbocycles. The highest BCUT2D eigenvalue weighted by Gasteiger charge is 2.27. The molecule has 0 saturated carbocycles. The van der Waals surface area contributed by atoms with Gasteiger partial charge in [0, 0.05) is 16.0 Å². The van der Waals surface area contributed by atoms with Crippen LogP contribution in [0.4, 0.5) is 10.7 Å². The molecule has 1 aromatic carbocycles. The number of fused-ring (bicyclic) bond motifs is 3. The number of pyridine rings is 1. The number of amides is 1. The van der Waals surface area contributed by atoms with E-state index in [1.807, 2.05) is 0 Å². The largest absolute Gasteiger partial charge is 0.397 e. The lowest BCUT2D eigenvalue weighted by Gasteiger charge is -2.24. The first-order valence-electron chi connectivity index (χ1n) is 12.1. The fraction of sp³-hybridized carbons (Fsp3) is 0.321. The highest BCUT2D eigenvalue weighted by molar-refractivity contribution is 7.21. The Morgan fingerprint density at radius 3 is 2.80 bits per heavy atom. The molecular weight excluding hydrogens is 472 g/mol. The summed E-state index contributed by atoms with van der Waals surface area (Å²) >= 11 is 2.88. The van der Waals surface area contributed by atoms with Crippen LogP contribution in [0.1, 0.15) is 68.2 Å². The maximum atomic E-state index is 13.3. The van der Waals surface area contributed by atoms with Crippen molar-refractivity contribution in [3.63, 3.8) is 0 Å². The van der Waals surface area contributed by atoms with E-state index in [2.05, 4.69) is 54.7 Å². The molecular formula is C28H26N4OS2. The van der Waals surface area contributed by atoms with Crippen molar-refractivity contribution in [3.8, 4) is 6.07 Å². The van der Waals surface area contributed by atoms with Crippen molar-refractivity contribution in [1.82, 2.24) is 4.98 Å². The summed E-state index contributed by atoms with van der Waals surface area (Å²) in [7, 11) is 0. The Morgan fingerprint density at radius 1 is 1.17 bits per heavy atom. The van der Waals surface area contributed by atoms with Crippen LogP contribution in [0.5, 0.6) is 0 Å². The van der Waals surface area contributed by atoms with Crippen molar-refractivity contribution < 1.29 is 4.79 Å². The van der Waals surface area contributed by atoms with Crippen LogP contribution in [0.3, 0.4) is 0 Å². The molecule has 5 nitrogen and oxygen atoms in total. The van der Waals surface area contributed by atoms with Crippen molar-refractivity contribution in [2.24, 2.45) is 5.92 Å². The Hall–Kier alpha value is -3.21. The van der Waals surface area contributed by atoms with E-state index >= 15 is 0 Å². The first-order valence-corrected chi connectivity index (χ1v) is 13.8. The summed E-state index contributed by atoms with van der Waals surface area (Å²) in [4.78, 5) is 20.7. The number of hydrogen-bond donors (Lipinski definition) is 2. The summed E-state index contributed by atoms with van der Waals surface area (Å²) in [5.74, 6) is 0.824. The molecule has 0 bridgehead atoms. The number of rotatable bonds is 3. The Balaban J connectivity index is 1.30. The van der Waals surface area contributed by atoms with Gasteiger partial charge in [0.1, 0.15) is 20.8 Å². The van der Waals surface area contributed by atoms with E-state index in [1.165, 1.54) is 38.7 Å². The average molecular weight is 499 g/mol. The van der Waals surface area contributed by atoms with Gasteiger partial charge >= 0.3 is 0 Å². The molecule has 0 radical (unpaired) electrons. The Labute approximate surface area is 212 Å². The fourth-order valence-electron chi connectivity index (χ4n) is 5.49. The van der Waals surface area contributed by atoms with Crippen molar-refractivity contribution in [1.29, 1.82) is 5.26 Å². The third-order valence-electron chi connectivity index (χ3n) is 7.41. The fourth-order valence-corrected chi connectivity index (χ4v) is 7.83. The number of carbonyl (C=O) groups excluding carboxylic acids is 1. The number of nitrogens with two attached hydrogens (primary N) is 1. The summed E-state index contributed by atoms with van der Waals surface area (Å²) in [6.07, 6.45) is 5.88. The molecule has 0 fully saturated rings. The predicted molar refractivity (Wildman–Crippen MR) is 143 cm³/mol. The molecule has 3 aromatic heterocycles. The summed E-state index contributed by atoms with van der Waals surface area (Å²) < 4.78 is 0. The molecule has 7 heteroatoms. The number of hydrogen-bond acceptors (Lipinski definition) is 6. The van der Waals surface area contributed by atoms with Gasteiger partial charge in [-0.3, -0.25) is 4.79 Å². The van der Waals surface area contributed by atoms with E-state index in [9.17, 15) is 10.1 Å². The minimum atomic E-state index is -0.256. The topological polar surface area (TPSA) is 91.8 Å². The standard InChI is InChI=1S/C28H26N4OS2/c1-15-7-9-19-21(14-29)28(34-23(19)11-15)32-26(33)25-24(30)20-13-18-12-17(16-5-3-2-4-6-16)8-10-22(18)31-27(20)35-25/h2-6,13,15,17H,7-12,30H2,1H3,(H,32,33). The van der Waals surface area contributed by atoms with Crippen LogP contribution in [0.25, 0.3) is 10.2 Å². The van der Waals surface area contributed by atoms with Gasteiger partial charge < -0.3 is 11.1 Å². The smallest absolute Gasteiger partial charge is 0.268 e. The van der Waals surface area contributed by atoms with Crippen LogP contribution in [0.2, 0.25) is 0 Å². The molecule has 35 heavy (non-hydrogen) atoms. The Morgan fingerprint density at radius 2 is 2.00 bits per heavy atom. The zero-order chi connectivity index (χ0) is 24.1. The lowest BCUT2D eigenvalue weighted by atomic mass is 9.82. The average Bonchev–Trinajstić information content (AvgIpc) is 3.38. The Kier molecular flexibility index (Phi) is 5.58. The first kappa shape index (κ1) is 22.3. The van der Waals surface area contributed by atoms with Crippen LogP contribution in [-0.2, 0) is 25.7 Å². The lowest BCUT2D eigenvalue weighted by molar-refractivity contribution is 0.103. The number of nitrogen functional groups attached to an aromatic ring is 1. The molecule has 0 aliphatic heterocycles. The normalized spacial score (nSPS) is 19.1. The molecule has 3 heterocycles. The van der Waals surface area contributed by atoms with Gasteiger partial charge in [0.2, 0.25) is 0 Å². The molecule has 2 aliphatic rings. The van der Waals surface area contributed by atoms with Crippen molar-refractivity contribution in [2.45, 2.75) is 51.4 Å². The zero-order valence-electron chi connectivity index (χ0n) is 19.6. The van der Waals surface area contributed by atoms with Crippen LogP contribution >= 0.6 is 22.7 Å². The van der Waals surface area contributed by atoms with E-state index in [1.54, 1.807) is 0 Å². The molecule has 2 atom stereocenters. The van der Waals surface area contributed by atoms with Gasteiger partial charge in [0.25, 0.3) is 5.91 Å². The van der Waals surface area contributed by atoms with Crippen molar-refractivity contribution >= 4 is 49.5 Å². The number of nitrogens with one attached hydrogen (secondary N) is 1. The number of nitrogens with zero attached hydrogens (tertiary/aromatic N) is 2. The van der Waals surface area contributed by atoms with E-state index < -0.39 is 0 Å². The minimum Gasteiger partial charge on any atom is -0.397 e. The second-order valence-corrected chi connectivity index (χ2v) is 11.9. The van der Waals surface area contributed by atoms with Crippen LogP contribution in [-0.4, -0.2) is 10.9 Å². The molecule has 6 rings (SSSR count). The molecule has 176 valence electrons. The van der Waals surface area contributed by atoms with Gasteiger partial charge in [-0.05, 0) is 73.1 Å². The molecule has 4 aromatic rings. The number of aromatic nitrogens is 1. The van der Waals surface area contributed by atoms with Crippen molar-refractivity contribution in [3.05, 3.63) is 74.1 Å². The van der Waals surface area contributed by atoms with Crippen LogP contribution in [0.15, 0.2) is 36.4 Å². The van der Waals surface area contributed by atoms with E-state index in [4.69, 9.17) is 10.7 Å². The summed E-state index contributed by atoms with van der Waals surface area (Å²) in [6.45, 7) is 2.24. The third-order valence-corrected chi connectivity index (χ3v) is 9.70. The predicted octanol–water partition coefficient (Wildman–Crippen LogP) is 6.46. The highest BCUT2D eigenvalue weighted by atomic mass is 32.1. The van der Waals surface area contributed by atoms with Crippen molar-refractivity contribution in [2.75, 3.05) is 11.1 Å². The molecule has 0 saturated heterocycles. The van der Waals surface area contributed by atoms with Gasteiger partial charge in [-0.2, -0.15) is 5.26 Å². The van der Waals surface area contributed by atoms with Crippen LogP contribution in [0, 0.1) is 17.2 Å². The molecule has 1 amide bonds. The first-order chi connectivity index (χ1) is 17.0. The quantitative estimate of drug-likeness (QED) is 0.339. The third kappa shape index (κ3) is 3.91. The van der Waals surface area contributed by atoms with E-state index in [-0.39, 0.29) is 5.91 Å². The van der Waals surface area contributed by atoms with E-state index in [0.717, 1.165) is 60.0 Å². The number of thiophene rings is 2. The molecule has 0 spiro atoms. The zero-order valence-corrected chi connectivity index (χ0v) is 21.2. The summed E-state index contributed by atoms with van der Waals surface area (Å²) in [5, 5.41) is 14.3. The maximum Gasteiger partial charge on any atom is 0.268 e. The summed E-state index contributed by atoms with van der Waals surface area (Å²) in [6, 6.07) is 15.1.